The molecule has 0 spiro atoms. The third kappa shape index (κ3) is 5.74. The van der Waals surface area contributed by atoms with Gasteiger partial charge in [-0.2, -0.15) is 0 Å². The van der Waals surface area contributed by atoms with Crippen LogP contribution in [0.3, 0.4) is 0 Å². The lowest BCUT2D eigenvalue weighted by Crippen LogP contribution is -2.42. The van der Waals surface area contributed by atoms with E-state index >= 15 is 0 Å². The van der Waals surface area contributed by atoms with E-state index in [0.717, 1.165) is 11.3 Å². The lowest BCUT2D eigenvalue weighted by molar-refractivity contribution is -0.175. The Morgan fingerprint density at radius 1 is 1.15 bits per heavy atom. The summed E-state index contributed by atoms with van der Waals surface area (Å²) in [5, 5.41) is 24.3. The highest BCUT2D eigenvalue weighted by molar-refractivity contribution is 6.07. The minimum absolute atomic E-state index is 0.188. The number of carbonyl (C=O) groups excluding carboxylic acids is 1. The summed E-state index contributed by atoms with van der Waals surface area (Å²) < 4.78 is 16.1. The fourth-order valence-electron chi connectivity index (χ4n) is 3.27. The molecule has 3 rings (SSSR count). The zero-order valence-corrected chi connectivity index (χ0v) is 19.0. The average Bonchev–Trinajstić information content (AvgIpc) is 3.17. The van der Waals surface area contributed by atoms with Crippen molar-refractivity contribution in [3.63, 3.8) is 0 Å². The number of esters is 1. The van der Waals surface area contributed by atoms with Gasteiger partial charge in [0, 0.05) is 12.0 Å². The molecule has 1 unspecified atom stereocenters. The summed E-state index contributed by atoms with van der Waals surface area (Å²) in [4.78, 5) is 29.4. The van der Waals surface area contributed by atoms with Crippen molar-refractivity contribution < 1.29 is 38.9 Å². The Bertz CT molecular complexity index is 1060. The minimum atomic E-state index is -1.91. The van der Waals surface area contributed by atoms with Gasteiger partial charge in [0.1, 0.15) is 18.0 Å². The first-order valence-corrected chi connectivity index (χ1v) is 10.3. The van der Waals surface area contributed by atoms with Crippen LogP contribution in [0.2, 0.25) is 0 Å². The number of hydrogen-bond acceptors (Lipinski definition) is 8. The second-order valence-electron chi connectivity index (χ2n) is 8.66. The number of phenolic OH excluding ortho intramolecular Hbond substituents is 1. The van der Waals surface area contributed by atoms with E-state index in [-0.39, 0.29) is 35.8 Å². The topological polar surface area (TPSA) is 124 Å². The van der Waals surface area contributed by atoms with Gasteiger partial charge in [-0.3, -0.25) is 4.79 Å². The van der Waals surface area contributed by atoms with Crippen LogP contribution in [0.1, 0.15) is 44.7 Å². The summed E-state index contributed by atoms with van der Waals surface area (Å²) >= 11 is 0. The quantitative estimate of drug-likeness (QED) is 0.576. The van der Waals surface area contributed by atoms with Crippen LogP contribution in [-0.2, 0) is 25.8 Å². The Labute approximate surface area is 191 Å². The van der Waals surface area contributed by atoms with Gasteiger partial charge < -0.3 is 29.3 Å². The Morgan fingerprint density at radius 2 is 1.85 bits per heavy atom. The number of methoxy groups -OCH3 is 1. The van der Waals surface area contributed by atoms with E-state index in [2.05, 4.69) is 5.16 Å². The zero-order chi connectivity index (χ0) is 24.2. The van der Waals surface area contributed by atoms with Crippen LogP contribution in [0.25, 0.3) is 0 Å². The number of ether oxygens (including phenoxy) is 3. The molecule has 1 aliphatic rings. The first-order chi connectivity index (χ1) is 15.5. The van der Waals surface area contributed by atoms with Gasteiger partial charge in [-0.05, 0) is 50.6 Å². The number of carboxylic acid groups (broad SMARTS) is 1. The van der Waals surface area contributed by atoms with Crippen molar-refractivity contribution in [3.05, 3.63) is 53.6 Å². The number of benzene rings is 2. The Morgan fingerprint density at radius 3 is 2.45 bits per heavy atom. The number of aliphatic carboxylic acids is 1. The van der Waals surface area contributed by atoms with Gasteiger partial charge in [-0.15, -0.1) is 0 Å². The molecule has 0 saturated carbocycles. The van der Waals surface area contributed by atoms with Gasteiger partial charge in [-0.25, -0.2) is 4.79 Å². The molecule has 176 valence electrons. The fourth-order valence-corrected chi connectivity index (χ4v) is 3.27. The molecule has 0 amide bonds. The van der Waals surface area contributed by atoms with Crippen LogP contribution in [-0.4, -0.2) is 46.2 Å². The van der Waals surface area contributed by atoms with E-state index in [4.69, 9.17) is 19.0 Å². The summed E-state index contributed by atoms with van der Waals surface area (Å²) in [5.74, 6) is -1.35. The summed E-state index contributed by atoms with van der Waals surface area (Å²) in [5.41, 5.74) is -1.37. The summed E-state index contributed by atoms with van der Waals surface area (Å²) in [6.45, 7) is 5.25. The van der Waals surface area contributed by atoms with Crippen LogP contribution < -0.4 is 9.47 Å². The number of para-hydroxylation sites is 1. The normalized spacial score (nSPS) is 17.6. The minimum Gasteiger partial charge on any atom is -0.504 e. The van der Waals surface area contributed by atoms with E-state index < -0.39 is 29.6 Å². The van der Waals surface area contributed by atoms with E-state index in [1.54, 1.807) is 58.2 Å². The summed E-state index contributed by atoms with van der Waals surface area (Å²) in [6, 6.07) is 12.1. The van der Waals surface area contributed by atoms with Gasteiger partial charge in [0.05, 0.1) is 19.2 Å². The fraction of sp³-hybridized carbons (Fsp3) is 0.375. The number of oxime groups is 1. The van der Waals surface area contributed by atoms with Crippen molar-refractivity contribution in [1.29, 1.82) is 0 Å². The first kappa shape index (κ1) is 23.9. The SMILES string of the molecule is COc1ccc(COc2cccc(C3=NOC(CC(=O)OC(C)(C)C)(C(=O)O)C3)c2O)cc1. The number of aromatic hydroxyl groups is 1. The van der Waals surface area contributed by atoms with Gasteiger partial charge in [0.25, 0.3) is 0 Å². The molecule has 1 heterocycles. The number of rotatable bonds is 8. The second kappa shape index (κ2) is 9.40. The second-order valence-corrected chi connectivity index (χ2v) is 8.66. The predicted octanol–water partition coefficient (Wildman–Crippen LogP) is 3.66. The highest BCUT2D eigenvalue weighted by Crippen LogP contribution is 2.37. The van der Waals surface area contributed by atoms with Gasteiger partial charge >= 0.3 is 11.9 Å². The van der Waals surface area contributed by atoms with Gasteiger partial charge in [0.2, 0.25) is 5.60 Å². The maximum absolute atomic E-state index is 12.3. The molecule has 0 aromatic heterocycles. The number of phenols is 1. The van der Waals surface area contributed by atoms with E-state index in [1.165, 1.54) is 0 Å². The van der Waals surface area contributed by atoms with E-state index in [1.807, 2.05) is 12.1 Å². The van der Waals surface area contributed by atoms with Gasteiger partial charge in [-0.1, -0.05) is 23.4 Å². The maximum Gasteiger partial charge on any atom is 0.351 e. The molecule has 33 heavy (non-hydrogen) atoms. The Balaban J connectivity index is 1.74. The molecule has 0 fully saturated rings. The number of hydrogen-bond donors (Lipinski definition) is 2. The van der Waals surface area contributed by atoms with E-state index in [9.17, 15) is 19.8 Å². The van der Waals surface area contributed by atoms with Crippen LogP contribution in [0.4, 0.5) is 0 Å². The summed E-state index contributed by atoms with van der Waals surface area (Å²) in [6.07, 6.45) is -0.752. The van der Waals surface area contributed by atoms with Crippen molar-refractivity contribution in [2.24, 2.45) is 5.16 Å². The number of carbonyl (C=O) groups is 2. The molecule has 9 heteroatoms. The van der Waals surface area contributed by atoms with Gasteiger partial charge in [0.15, 0.2) is 11.5 Å². The third-order valence-corrected chi connectivity index (χ3v) is 4.89. The van der Waals surface area contributed by atoms with Crippen molar-refractivity contribution in [1.82, 2.24) is 0 Å². The van der Waals surface area contributed by atoms with Crippen LogP contribution in [0.5, 0.6) is 17.2 Å². The van der Waals surface area contributed by atoms with E-state index in [0.29, 0.717) is 0 Å². The highest BCUT2D eigenvalue weighted by atomic mass is 16.7. The monoisotopic (exact) mass is 457 g/mol. The molecule has 1 atom stereocenters. The van der Waals surface area contributed by atoms with Crippen LogP contribution >= 0.6 is 0 Å². The molecule has 2 aromatic carbocycles. The maximum atomic E-state index is 12.3. The van der Waals surface area contributed by atoms with Crippen molar-refractivity contribution in [2.45, 2.75) is 51.4 Å². The molecule has 0 saturated heterocycles. The standard InChI is InChI=1S/C24H27NO8/c1-23(2,3)32-20(26)13-24(22(28)29)12-18(25-33-24)17-6-5-7-19(21(17)27)31-14-15-8-10-16(30-4)11-9-15/h5-11,27H,12-14H2,1-4H3,(H,28,29). The molecule has 0 radical (unpaired) electrons. The predicted molar refractivity (Wildman–Crippen MR) is 119 cm³/mol. The highest BCUT2D eigenvalue weighted by Gasteiger charge is 2.50. The molecule has 2 aromatic rings. The molecule has 0 aliphatic carbocycles. The molecule has 2 N–H and O–H groups in total. The smallest absolute Gasteiger partial charge is 0.351 e. The van der Waals surface area contributed by atoms with Crippen molar-refractivity contribution in [3.8, 4) is 17.2 Å². The lowest BCUT2D eigenvalue weighted by atomic mass is 9.90. The first-order valence-electron chi connectivity index (χ1n) is 10.3. The Kier molecular flexibility index (Phi) is 6.81. The molecular weight excluding hydrogens is 430 g/mol. The number of carboxylic acids is 1. The van der Waals surface area contributed by atoms with Crippen molar-refractivity contribution >= 4 is 17.7 Å². The molecular formula is C24H27NO8. The van der Waals surface area contributed by atoms with Crippen LogP contribution in [0.15, 0.2) is 47.6 Å². The third-order valence-electron chi connectivity index (χ3n) is 4.89. The zero-order valence-electron chi connectivity index (χ0n) is 19.0. The largest absolute Gasteiger partial charge is 0.504 e. The lowest BCUT2D eigenvalue weighted by Gasteiger charge is -2.24. The number of nitrogens with zero attached hydrogens (tertiary/aromatic N) is 1. The average molecular weight is 457 g/mol. The summed E-state index contributed by atoms with van der Waals surface area (Å²) in [7, 11) is 1.58. The molecule has 0 bridgehead atoms. The molecule has 9 nitrogen and oxygen atoms in total. The van der Waals surface area contributed by atoms with Crippen molar-refractivity contribution in [2.75, 3.05) is 7.11 Å². The molecule has 1 aliphatic heterocycles. The van der Waals surface area contributed by atoms with Crippen LogP contribution in [0, 0.1) is 0 Å². The Hall–Kier alpha value is -3.75.